The number of hydrogen-bond acceptors (Lipinski definition) is 1. The first-order valence-electron chi connectivity index (χ1n) is 2.45. The van der Waals surface area contributed by atoms with E-state index in [-0.39, 0.29) is 0 Å². The monoisotopic (exact) mass is 101 g/mol. The highest BCUT2D eigenvalue weighted by atomic mass is 31.1. The number of fused-ring (bicyclic) bond motifs is 1. The standard InChI is InChI=1S/C4H8NP/c1-2-5-3-4(5)6-3/h3-4,6H,2H2,1H3/t3-,4-/m1/s1. The molecule has 0 N–H and O–H groups in total. The fourth-order valence-corrected chi connectivity index (χ4v) is 2.18. The van der Waals surface area contributed by atoms with Crippen LogP contribution in [0, 0.1) is 0 Å². The van der Waals surface area contributed by atoms with Crippen LogP contribution in [-0.2, 0) is 0 Å². The van der Waals surface area contributed by atoms with E-state index in [9.17, 15) is 0 Å². The third-order valence-corrected chi connectivity index (χ3v) is 3.11. The Labute approximate surface area is 39.5 Å². The normalized spacial score (nSPS) is 64.5. The SMILES string of the molecule is CCN1[C@@H]2P[C@H]21. The highest BCUT2D eigenvalue weighted by molar-refractivity contribution is 7.51. The molecule has 2 heterocycles. The zero-order valence-electron chi connectivity index (χ0n) is 3.81. The number of nitrogens with zero attached hydrogens (tertiary/aromatic N) is 1. The van der Waals surface area contributed by atoms with E-state index in [0.717, 1.165) is 11.6 Å². The molecule has 2 heteroatoms. The molecule has 0 spiro atoms. The molecule has 2 atom stereocenters. The van der Waals surface area contributed by atoms with Gasteiger partial charge >= 0.3 is 0 Å². The first kappa shape index (κ1) is 3.40. The Morgan fingerprint density at radius 3 is 2.33 bits per heavy atom. The average molecular weight is 101 g/mol. The van der Waals surface area contributed by atoms with Crippen molar-refractivity contribution in [2.75, 3.05) is 6.54 Å². The molecular formula is C4H8NP. The molecule has 0 unspecified atom stereocenters. The minimum atomic E-state index is 1.09. The van der Waals surface area contributed by atoms with Gasteiger partial charge < -0.3 is 0 Å². The van der Waals surface area contributed by atoms with Gasteiger partial charge in [-0.2, -0.15) is 0 Å². The fourth-order valence-electron chi connectivity index (χ4n) is 0.898. The Kier molecular flexibility index (Phi) is 0.454. The molecule has 2 aliphatic heterocycles. The summed E-state index contributed by atoms with van der Waals surface area (Å²) in [5.74, 6) is 2.19. The summed E-state index contributed by atoms with van der Waals surface area (Å²) in [5.41, 5.74) is 0. The molecule has 34 valence electrons. The van der Waals surface area contributed by atoms with Crippen LogP contribution >= 0.6 is 8.58 Å². The first-order valence-corrected chi connectivity index (χ1v) is 3.61. The van der Waals surface area contributed by atoms with Gasteiger partial charge in [0.05, 0.1) is 0 Å². The van der Waals surface area contributed by atoms with Crippen molar-refractivity contribution in [2.45, 2.75) is 18.5 Å². The van der Waals surface area contributed by atoms with E-state index >= 15 is 0 Å². The van der Waals surface area contributed by atoms with E-state index in [4.69, 9.17) is 0 Å². The van der Waals surface area contributed by atoms with Crippen LogP contribution < -0.4 is 0 Å². The Morgan fingerprint density at radius 2 is 2.33 bits per heavy atom. The van der Waals surface area contributed by atoms with Crippen LogP contribution in [0.4, 0.5) is 0 Å². The highest BCUT2D eigenvalue weighted by Gasteiger charge is 2.61. The minimum Gasteiger partial charge on any atom is -0.287 e. The summed E-state index contributed by atoms with van der Waals surface area (Å²) in [6, 6.07) is 0. The topological polar surface area (TPSA) is 3.01 Å². The van der Waals surface area contributed by atoms with Crippen LogP contribution in [0.1, 0.15) is 6.92 Å². The summed E-state index contributed by atoms with van der Waals surface area (Å²) in [5, 5.41) is 0. The second-order valence-corrected chi connectivity index (χ2v) is 3.40. The molecule has 0 radical (unpaired) electrons. The molecule has 2 aliphatic rings. The zero-order chi connectivity index (χ0) is 4.15. The van der Waals surface area contributed by atoms with Crippen LogP contribution in [0.15, 0.2) is 0 Å². The van der Waals surface area contributed by atoms with Crippen molar-refractivity contribution in [2.24, 2.45) is 0 Å². The molecule has 0 bridgehead atoms. The van der Waals surface area contributed by atoms with Gasteiger partial charge in [-0.25, -0.2) is 0 Å². The van der Waals surface area contributed by atoms with Crippen molar-refractivity contribution in [1.29, 1.82) is 0 Å². The fraction of sp³-hybridized carbons (Fsp3) is 1.00. The van der Waals surface area contributed by atoms with Crippen molar-refractivity contribution in [3.05, 3.63) is 0 Å². The van der Waals surface area contributed by atoms with Crippen LogP contribution in [0.5, 0.6) is 0 Å². The van der Waals surface area contributed by atoms with Crippen molar-refractivity contribution in [3.8, 4) is 0 Å². The molecule has 0 amide bonds. The lowest BCUT2D eigenvalue weighted by Gasteiger charge is -1.98. The predicted octanol–water partition coefficient (Wildman–Crippen LogP) is 0.666. The molecule has 2 fully saturated rings. The number of rotatable bonds is 1. The largest absolute Gasteiger partial charge is 0.287 e. The lowest BCUT2D eigenvalue weighted by molar-refractivity contribution is 0.551. The second kappa shape index (κ2) is 0.801. The van der Waals surface area contributed by atoms with Crippen LogP contribution in [0.25, 0.3) is 0 Å². The number of hydrogen-bond donors (Lipinski definition) is 0. The van der Waals surface area contributed by atoms with Crippen LogP contribution in [0.2, 0.25) is 0 Å². The molecule has 2 saturated heterocycles. The predicted molar refractivity (Wildman–Crippen MR) is 28.3 cm³/mol. The Morgan fingerprint density at radius 1 is 1.67 bits per heavy atom. The third-order valence-electron chi connectivity index (χ3n) is 1.52. The minimum absolute atomic E-state index is 1.09. The summed E-state index contributed by atoms with van der Waals surface area (Å²) in [4.78, 5) is 2.53. The van der Waals surface area contributed by atoms with Crippen LogP contribution in [-0.4, -0.2) is 23.0 Å². The van der Waals surface area contributed by atoms with Crippen LogP contribution in [0.3, 0.4) is 0 Å². The first-order chi connectivity index (χ1) is 2.93. The van der Waals surface area contributed by atoms with E-state index in [2.05, 4.69) is 11.8 Å². The molecule has 0 aliphatic carbocycles. The van der Waals surface area contributed by atoms with Gasteiger partial charge in [0.1, 0.15) is 0 Å². The van der Waals surface area contributed by atoms with Crippen molar-refractivity contribution < 1.29 is 0 Å². The van der Waals surface area contributed by atoms with Gasteiger partial charge in [-0.15, -0.1) is 0 Å². The Balaban J connectivity index is 1.92. The summed E-state index contributed by atoms with van der Waals surface area (Å²) in [6.07, 6.45) is 0. The second-order valence-electron chi connectivity index (χ2n) is 1.89. The molecule has 6 heavy (non-hydrogen) atoms. The molecule has 2 rings (SSSR count). The maximum Gasteiger partial charge on any atom is 0.0483 e. The maximum absolute atomic E-state index is 2.53. The van der Waals surface area contributed by atoms with Gasteiger partial charge in [-0.3, -0.25) is 4.90 Å². The summed E-state index contributed by atoms with van der Waals surface area (Å²) in [6.45, 7) is 3.53. The van der Waals surface area contributed by atoms with Gasteiger partial charge in [0.2, 0.25) is 0 Å². The lowest BCUT2D eigenvalue weighted by atomic mass is 10.8. The average Bonchev–Trinajstić information content (AvgIpc) is 2.12. The van der Waals surface area contributed by atoms with E-state index < -0.39 is 0 Å². The molecular weight excluding hydrogens is 93.0 g/mol. The highest BCUT2D eigenvalue weighted by Crippen LogP contribution is 2.67. The van der Waals surface area contributed by atoms with E-state index in [1.54, 1.807) is 0 Å². The van der Waals surface area contributed by atoms with E-state index in [1.165, 1.54) is 15.1 Å². The van der Waals surface area contributed by atoms with Gasteiger partial charge in [0.25, 0.3) is 0 Å². The maximum atomic E-state index is 2.53. The molecule has 0 aromatic heterocycles. The van der Waals surface area contributed by atoms with Gasteiger partial charge in [0, 0.05) is 11.6 Å². The summed E-state index contributed by atoms with van der Waals surface area (Å²) >= 11 is 0. The van der Waals surface area contributed by atoms with E-state index in [0.29, 0.717) is 0 Å². The molecule has 0 aromatic carbocycles. The van der Waals surface area contributed by atoms with Crippen molar-refractivity contribution >= 4 is 8.58 Å². The summed E-state index contributed by atoms with van der Waals surface area (Å²) in [7, 11) is 1.32. The lowest BCUT2D eigenvalue weighted by Crippen LogP contribution is -2.01. The molecule has 0 aromatic rings. The van der Waals surface area contributed by atoms with Gasteiger partial charge in [-0.1, -0.05) is 15.5 Å². The number of likely N-dealkylation sites (N-methyl/N-ethyl adjacent to an activating group) is 1. The quantitative estimate of drug-likeness (QED) is 0.346. The van der Waals surface area contributed by atoms with Crippen molar-refractivity contribution in [3.63, 3.8) is 0 Å². The van der Waals surface area contributed by atoms with Gasteiger partial charge in [-0.05, 0) is 6.54 Å². The van der Waals surface area contributed by atoms with Crippen molar-refractivity contribution in [1.82, 2.24) is 4.90 Å². The van der Waals surface area contributed by atoms with E-state index in [1.807, 2.05) is 0 Å². The molecule has 1 nitrogen and oxygen atoms in total. The Bertz CT molecular complexity index is 75.6. The zero-order valence-corrected chi connectivity index (χ0v) is 4.81. The third kappa shape index (κ3) is 0.244. The summed E-state index contributed by atoms with van der Waals surface area (Å²) < 4.78 is 0. The molecule has 0 saturated carbocycles. The Hall–Kier alpha value is 0.390. The van der Waals surface area contributed by atoms with Gasteiger partial charge in [0.15, 0.2) is 0 Å². The smallest absolute Gasteiger partial charge is 0.0483 e.